The van der Waals surface area contributed by atoms with Crippen LogP contribution in [0.25, 0.3) is 0 Å². The van der Waals surface area contributed by atoms with Gasteiger partial charge >= 0.3 is 0 Å². The molecule has 0 atom stereocenters. The molecule has 0 fully saturated rings. The molecule has 102 valence electrons. The molecule has 2 N–H and O–H groups in total. The summed E-state index contributed by atoms with van der Waals surface area (Å²) in [6.07, 6.45) is 0.740. The van der Waals surface area contributed by atoms with E-state index in [1.165, 1.54) is 18.2 Å². The van der Waals surface area contributed by atoms with Crippen LogP contribution >= 0.6 is 11.6 Å². The smallest absolute Gasteiger partial charge is 0.261 e. The van der Waals surface area contributed by atoms with Gasteiger partial charge in [0.2, 0.25) is 0 Å². The maximum absolute atomic E-state index is 13.8. The average Bonchev–Trinajstić information content (AvgIpc) is 2.83. The second-order valence-corrected chi connectivity index (χ2v) is 5.16. The van der Waals surface area contributed by atoms with Crippen molar-refractivity contribution in [2.75, 3.05) is 17.2 Å². The monoisotopic (exact) mass is 290 g/mol. The largest absolute Gasteiger partial charge is 0.399 e. The Morgan fingerprint density at radius 3 is 2.85 bits per heavy atom. The van der Waals surface area contributed by atoms with Crippen molar-refractivity contribution in [3.63, 3.8) is 0 Å². The van der Waals surface area contributed by atoms with Crippen molar-refractivity contribution < 1.29 is 9.18 Å². The molecule has 2 aromatic carbocycles. The first-order valence-corrected chi connectivity index (χ1v) is 6.59. The van der Waals surface area contributed by atoms with E-state index < -0.39 is 11.7 Å². The third-order valence-corrected chi connectivity index (χ3v) is 3.64. The van der Waals surface area contributed by atoms with E-state index in [-0.39, 0.29) is 5.56 Å². The number of nitrogens with zero attached hydrogens (tertiary/aromatic N) is 1. The van der Waals surface area contributed by atoms with Crippen molar-refractivity contribution in [3.8, 4) is 0 Å². The highest BCUT2D eigenvalue weighted by Crippen LogP contribution is 2.31. The lowest BCUT2D eigenvalue weighted by Gasteiger charge is -2.18. The predicted octanol–water partition coefficient (Wildman–Crippen LogP) is 3.26. The number of nitrogen functional groups attached to an aromatic ring is 1. The number of fused-ring (bicyclic) bond motifs is 1. The Labute approximate surface area is 120 Å². The maximum Gasteiger partial charge on any atom is 0.261 e. The minimum Gasteiger partial charge on any atom is -0.399 e. The van der Waals surface area contributed by atoms with Crippen LogP contribution in [0, 0.1) is 5.82 Å². The van der Waals surface area contributed by atoms with Gasteiger partial charge < -0.3 is 10.6 Å². The highest BCUT2D eigenvalue weighted by atomic mass is 35.5. The molecule has 20 heavy (non-hydrogen) atoms. The van der Waals surface area contributed by atoms with Crippen LogP contribution in [-0.4, -0.2) is 12.5 Å². The van der Waals surface area contributed by atoms with Gasteiger partial charge in [-0.15, -0.1) is 0 Å². The molecule has 0 radical (unpaired) electrons. The lowest BCUT2D eigenvalue weighted by molar-refractivity contribution is 0.0985. The van der Waals surface area contributed by atoms with Crippen molar-refractivity contribution >= 4 is 28.9 Å². The van der Waals surface area contributed by atoms with E-state index in [1.807, 2.05) is 6.07 Å². The summed E-state index contributed by atoms with van der Waals surface area (Å²) in [7, 11) is 0. The second-order valence-electron chi connectivity index (χ2n) is 4.72. The summed E-state index contributed by atoms with van der Waals surface area (Å²) >= 11 is 5.84. The third-order valence-electron chi connectivity index (χ3n) is 3.41. The molecular formula is C15H12ClFN2O. The van der Waals surface area contributed by atoms with Gasteiger partial charge in [0.15, 0.2) is 0 Å². The molecule has 0 saturated carbocycles. The normalized spacial score (nSPS) is 13.4. The zero-order chi connectivity index (χ0) is 14.3. The molecule has 0 spiro atoms. The first-order chi connectivity index (χ1) is 9.56. The number of hydrogen-bond donors (Lipinski definition) is 1. The number of anilines is 2. The fourth-order valence-corrected chi connectivity index (χ4v) is 2.59. The summed E-state index contributed by atoms with van der Waals surface area (Å²) in [6.45, 7) is 0.517. The lowest BCUT2D eigenvalue weighted by Crippen LogP contribution is -2.29. The van der Waals surface area contributed by atoms with Gasteiger partial charge in [0.25, 0.3) is 5.91 Å². The molecule has 1 heterocycles. The first-order valence-electron chi connectivity index (χ1n) is 6.21. The Balaban J connectivity index is 2.01. The fourth-order valence-electron chi connectivity index (χ4n) is 2.41. The highest BCUT2D eigenvalue weighted by Gasteiger charge is 2.27. The number of carbonyl (C=O) groups is 1. The van der Waals surface area contributed by atoms with Crippen molar-refractivity contribution in [2.45, 2.75) is 6.42 Å². The summed E-state index contributed by atoms with van der Waals surface area (Å²) < 4.78 is 13.8. The summed E-state index contributed by atoms with van der Waals surface area (Å²) in [6, 6.07) is 9.40. The maximum atomic E-state index is 13.8. The molecule has 0 unspecified atom stereocenters. The van der Waals surface area contributed by atoms with Gasteiger partial charge in [-0.05, 0) is 42.3 Å². The zero-order valence-corrected chi connectivity index (χ0v) is 11.3. The minimum absolute atomic E-state index is 0.0206. The van der Waals surface area contributed by atoms with Crippen molar-refractivity contribution in [1.82, 2.24) is 0 Å². The molecule has 5 heteroatoms. The Morgan fingerprint density at radius 2 is 2.05 bits per heavy atom. The molecule has 0 bridgehead atoms. The number of nitrogens with two attached hydrogens (primary N) is 1. The van der Waals surface area contributed by atoms with Gasteiger partial charge in [0.1, 0.15) is 5.82 Å². The Bertz CT molecular complexity index is 702. The molecule has 1 aliphatic heterocycles. The zero-order valence-electron chi connectivity index (χ0n) is 10.6. The topological polar surface area (TPSA) is 46.3 Å². The van der Waals surface area contributed by atoms with Crippen molar-refractivity contribution in [2.24, 2.45) is 0 Å². The van der Waals surface area contributed by atoms with Gasteiger partial charge in [-0.2, -0.15) is 0 Å². The Kier molecular flexibility index (Phi) is 3.10. The van der Waals surface area contributed by atoms with Crippen LogP contribution in [0.1, 0.15) is 15.9 Å². The number of halogens is 2. The molecule has 0 saturated heterocycles. The molecule has 1 amide bonds. The van der Waals surface area contributed by atoms with Gasteiger partial charge in [0.05, 0.1) is 5.56 Å². The van der Waals surface area contributed by atoms with E-state index in [9.17, 15) is 9.18 Å². The van der Waals surface area contributed by atoms with E-state index in [0.29, 0.717) is 17.3 Å². The third kappa shape index (κ3) is 2.12. The van der Waals surface area contributed by atoms with Gasteiger partial charge in [-0.25, -0.2) is 4.39 Å². The van der Waals surface area contributed by atoms with E-state index in [0.717, 1.165) is 17.7 Å². The SMILES string of the molecule is Nc1ccc2c(c1)N(C(=O)c1cc(Cl)ccc1F)CC2. The van der Waals surface area contributed by atoms with Crippen LogP contribution in [0.15, 0.2) is 36.4 Å². The second kappa shape index (κ2) is 4.80. The quantitative estimate of drug-likeness (QED) is 0.819. The molecule has 3 rings (SSSR count). The average molecular weight is 291 g/mol. The molecule has 0 aromatic heterocycles. The summed E-state index contributed by atoms with van der Waals surface area (Å²) in [5.41, 5.74) is 8.09. The minimum atomic E-state index is -0.572. The number of benzene rings is 2. The molecule has 1 aliphatic rings. The number of carbonyl (C=O) groups excluding carboxylic acids is 1. The summed E-state index contributed by atoms with van der Waals surface area (Å²) in [5, 5.41) is 0.335. The van der Waals surface area contributed by atoms with Gasteiger partial charge in [-0.3, -0.25) is 4.79 Å². The van der Waals surface area contributed by atoms with E-state index in [4.69, 9.17) is 17.3 Å². The lowest BCUT2D eigenvalue weighted by atomic mass is 10.1. The van der Waals surface area contributed by atoms with Crippen molar-refractivity contribution in [1.29, 1.82) is 0 Å². The van der Waals surface area contributed by atoms with Gasteiger partial charge in [0, 0.05) is 22.9 Å². The van der Waals surface area contributed by atoms with Crippen LogP contribution in [0.5, 0.6) is 0 Å². The van der Waals surface area contributed by atoms with Crippen molar-refractivity contribution in [3.05, 3.63) is 58.4 Å². The van der Waals surface area contributed by atoms with Crippen LogP contribution in [-0.2, 0) is 6.42 Å². The molecule has 0 aliphatic carbocycles. The molecule has 3 nitrogen and oxygen atoms in total. The highest BCUT2D eigenvalue weighted by molar-refractivity contribution is 6.31. The number of hydrogen-bond acceptors (Lipinski definition) is 2. The van der Waals surface area contributed by atoms with E-state index in [1.54, 1.807) is 17.0 Å². The summed E-state index contributed by atoms with van der Waals surface area (Å²) in [5.74, 6) is -0.967. The van der Waals surface area contributed by atoms with E-state index >= 15 is 0 Å². The Hall–Kier alpha value is -2.07. The number of rotatable bonds is 1. The van der Waals surface area contributed by atoms with Crippen LogP contribution in [0.3, 0.4) is 0 Å². The Morgan fingerprint density at radius 1 is 1.25 bits per heavy atom. The first kappa shape index (κ1) is 12.9. The fraction of sp³-hybridized carbons (Fsp3) is 0.133. The van der Waals surface area contributed by atoms with Crippen LogP contribution in [0.2, 0.25) is 5.02 Å². The standard InChI is InChI=1S/C15H12ClFN2O/c16-10-2-4-13(17)12(7-10)15(20)19-6-5-9-1-3-11(18)8-14(9)19/h1-4,7-8H,5-6,18H2. The predicted molar refractivity (Wildman–Crippen MR) is 77.6 cm³/mol. The van der Waals surface area contributed by atoms with Crippen LogP contribution < -0.4 is 10.6 Å². The van der Waals surface area contributed by atoms with Crippen LogP contribution in [0.4, 0.5) is 15.8 Å². The molecular weight excluding hydrogens is 279 g/mol. The molecule has 2 aromatic rings. The van der Waals surface area contributed by atoms with Gasteiger partial charge in [-0.1, -0.05) is 17.7 Å². The van der Waals surface area contributed by atoms with E-state index in [2.05, 4.69) is 0 Å². The summed E-state index contributed by atoms with van der Waals surface area (Å²) in [4.78, 5) is 14.0. The number of amides is 1.